The summed E-state index contributed by atoms with van der Waals surface area (Å²) in [5.41, 5.74) is -0.164. The smallest absolute Gasteiger partial charge is 0.250 e. The maximum Gasteiger partial charge on any atom is 0.250 e. The van der Waals surface area contributed by atoms with Crippen molar-refractivity contribution in [2.24, 2.45) is 0 Å². The first kappa shape index (κ1) is 9.92. The quantitative estimate of drug-likeness (QED) is 0.685. The van der Waals surface area contributed by atoms with E-state index in [0.717, 1.165) is 6.54 Å². The summed E-state index contributed by atoms with van der Waals surface area (Å²) < 4.78 is 14.1. The van der Waals surface area contributed by atoms with Gasteiger partial charge in [-0.15, -0.1) is 0 Å². The number of aromatic nitrogens is 1. The van der Waals surface area contributed by atoms with Gasteiger partial charge in [-0.05, 0) is 20.2 Å². The molecule has 0 aliphatic carbocycles. The van der Waals surface area contributed by atoms with Crippen LogP contribution in [0.5, 0.6) is 0 Å². The van der Waals surface area contributed by atoms with Crippen molar-refractivity contribution in [1.29, 1.82) is 0 Å². The zero-order valence-electron chi connectivity index (χ0n) is 7.83. The Bertz CT molecular complexity index is 333. The summed E-state index contributed by atoms with van der Waals surface area (Å²) in [6, 6.07) is 2.42. The first-order valence-corrected chi connectivity index (χ1v) is 4.10. The molecule has 0 saturated carbocycles. The lowest BCUT2D eigenvalue weighted by Crippen LogP contribution is -2.25. The molecule has 0 atom stereocenters. The van der Waals surface area contributed by atoms with Crippen molar-refractivity contribution in [3.05, 3.63) is 34.5 Å². The fourth-order valence-corrected chi connectivity index (χ4v) is 0.985. The minimum absolute atomic E-state index is 0.164. The maximum atomic E-state index is 12.7. The molecule has 0 aliphatic heterocycles. The van der Waals surface area contributed by atoms with Crippen molar-refractivity contribution in [3.63, 3.8) is 0 Å². The fraction of sp³-hybridized carbons (Fsp3) is 0.444. The van der Waals surface area contributed by atoms with Crippen LogP contribution in [0.25, 0.3) is 0 Å². The molecule has 4 heteroatoms. The highest BCUT2D eigenvalue weighted by Gasteiger charge is 1.98. The molecule has 0 aromatic carbocycles. The summed E-state index contributed by atoms with van der Waals surface area (Å²) in [6.45, 7) is 1.24. The van der Waals surface area contributed by atoms with E-state index in [1.165, 1.54) is 22.9 Å². The average molecular weight is 184 g/mol. The Hall–Kier alpha value is -1.16. The number of nitrogens with zero attached hydrogens (tertiary/aromatic N) is 2. The van der Waals surface area contributed by atoms with Crippen LogP contribution in [-0.4, -0.2) is 30.1 Å². The van der Waals surface area contributed by atoms with Gasteiger partial charge in [-0.25, -0.2) is 4.39 Å². The molecule has 0 unspecified atom stereocenters. The van der Waals surface area contributed by atoms with Gasteiger partial charge >= 0.3 is 0 Å². The van der Waals surface area contributed by atoms with Gasteiger partial charge in [0.05, 0.1) is 0 Å². The van der Waals surface area contributed by atoms with E-state index >= 15 is 0 Å². The van der Waals surface area contributed by atoms with Crippen LogP contribution in [-0.2, 0) is 6.54 Å². The molecule has 0 radical (unpaired) electrons. The third-order valence-corrected chi connectivity index (χ3v) is 1.74. The van der Waals surface area contributed by atoms with Crippen molar-refractivity contribution in [3.8, 4) is 0 Å². The van der Waals surface area contributed by atoms with Gasteiger partial charge in [0.25, 0.3) is 5.56 Å². The minimum atomic E-state index is -0.377. The van der Waals surface area contributed by atoms with Gasteiger partial charge in [0.15, 0.2) is 0 Å². The Morgan fingerprint density at radius 1 is 1.46 bits per heavy atom. The summed E-state index contributed by atoms with van der Waals surface area (Å²) >= 11 is 0. The molecule has 13 heavy (non-hydrogen) atoms. The summed E-state index contributed by atoms with van der Waals surface area (Å²) in [6.07, 6.45) is 1.23. The molecule has 0 fully saturated rings. The topological polar surface area (TPSA) is 25.2 Å². The summed E-state index contributed by atoms with van der Waals surface area (Å²) in [5.74, 6) is -0.377. The van der Waals surface area contributed by atoms with E-state index in [-0.39, 0.29) is 11.4 Å². The second-order valence-electron chi connectivity index (χ2n) is 3.18. The Kier molecular flexibility index (Phi) is 3.19. The minimum Gasteiger partial charge on any atom is -0.311 e. The number of halogens is 1. The number of pyridine rings is 1. The Morgan fingerprint density at radius 2 is 2.15 bits per heavy atom. The standard InChI is InChI=1S/C9H13FN2O/c1-11(2)5-6-12-7-8(10)3-4-9(12)13/h3-4,7H,5-6H2,1-2H3. The van der Waals surface area contributed by atoms with Crippen LogP contribution in [0.1, 0.15) is 0 Å². The zero-order valence-corrected chi connectivity index (χ0v) is 7.83. The molecule has 1 aromatic rings. The van der Waals surface area contributed by atoms with Crippen LogP contribution in [0.3, 0.4) is 0 Å². The predicted molar refractivity (Wildman–Crippen MR) is 49.2 cm³/mol. The Morgan fingerprint density at radius 3 is 2.77 bits per heavy atom. The largest absolute Gasteiger partial charge is 0.311 e. The number of likely N-dealkylation sites (N-methyl/N-ethyl adjacent to an activating group) is 1. The maximum absolute atomic E-state index is 12.7. The fourth-order valence-electron chi connectivity index (χ4n) is 0.985. The van der Waals surface area contributed by atoms with Gasteiger partial charge in [0, 0.05) is 25.4 Å². The Balaban J connectivity index is 2.76. The molecule has 72 valence electrons. The van der Waals surface area contributed by atoms with Crippen molar-refractivity contribution < 1.29 is 4.39 Å². The third kappa shape index (κ3) is 2.99. The second kappa shape index (κ2) is 4.18. The van der Waals surface area contributed by atoms with Gasteiger partial charge in [-0.2, -0.15) is 0 Å². The number of hydrogen-bond acceptors (Lipinski definition) is 2. The average Bonchev–Trinajstić information content (AvgIpc) is 2.06. The zero-order chi connectivity index (χ0) is 9.84. The van der Waals surface area contributed by atoms with Crippen LogP contribution in [0.4, 0.5) is 4.39 Å². The van der Waals surface area contributed by atoms with Crippen molar-refractivity contribution in [1.82, 2.24) is 9.47 Å². The second-order valence-corrected chi connectivity index (χ2v) is 3.18. The highest BCUT2D eigenvalue weighted by molar-refractivity contribution is 4.96. The van der Waals surface area contributed by atoms with Crippen molar-refractivity contribution in [2.45, 2.75) is 6.54 Å². The van der Waals surface area contributed by atoms with E-state index in [2.05, 4.69) is 0 Å². The van der Waals surface area contributed by atoms with Crippen LogP contribution >= 0.6 is 0 Å². The van der Waals surface area contributed by atoms with E-state index in [0.29, 0.717) is 6.54 Å². The molecule has 0 N–H and O–H groups in total. The van der Waals surface area contributed by atoms with Gasteiger partial charge < -0.3 is 9.47 Å². The number of hydrogen-bond donors (Lipinski definition) is 0. The van der Waals surface area contributed by atoms with Crippen LogP contribution < -0.4 is 5.56 Å². The van der Waals surface area contributed by atoms with Crippen LogP contribution in [0, 0.1) is 5.82 Å². The lowest BCUT2D eigenvalue weighted by atomic mass is 10.4. The molecule has 1 rings (SSSR count). The van der Waals surface area contributed by atoms with Crippen molar-refractivity contribution in [2.75, 3.05) is 20.6 Å². The molecule has 0 bridgehead atoms. The molecular weight excluding hydrogens is 171 g/mol. The van der Waals surface area contributed by atoms with Crippen LogP contribution in [0.2, 0.25) is 0 Å². The van der Waals surface area contributed by atoms with Gasteiger partial charge in [0.2, 0.25) is 0 Å². The SMILES string of the molecule is CN(C)CCn1cc(F)ccc1=O. The molecule has 0 aliphatic rings. The monoisotopic (exact) mass is 184 g/mol. The first-order chi connectivity index (χ1) is 6.09. The summed E-state index contributed by atoms with van der Waals surface area (Å²) in [7, 11) is 3.81. The van der Waals surface area contributed by atoms with E-state index in [1.54, 1.807) is 0 Å². The van der Waals surface area contributed by atoms with Gasteiger partial charge in [0.1, 0.15) is 5.82 Å². The van der Waals surface area contributed by atoms with Gasteiger partial charge in [-0.1, -0.05) is 0 Å². The molecule has 0 amide bonds. The molecular formula is C9H13FN2O. The van der Waals surface area contributed by atoms with Gasteiger partial charge in [-0.3, -0.25) is 4.79 Å². The highest BCUT2D eigenvalue weighted by atomic mass is 19.1. The molecule has 0 saturated heterocycles. The lowest BCUT2D eigenvalue weighted by molar-refractivity contribution is 0.379. The highest BCUT2D eigenvalue weighted by Crippen LogP contribution is 1.91. The summed E-state index contributed by atoms with van der Waals surface area (Å²) in [4.78, 5) is 13.1. The molecule has 1 aromatic heterocycles. The first-order valence-electron chi connectivity index (χ1n) is 4.10. The number of rotatable bonds is 3. The molecule has 3 nitrogen and oxygen atoms in total. The lowest BCUT2D eigenvalue weighted by Gasteiger charge is -2.10. The van der Waals surface area contributed by atoms with E-state index in [9.17, 15) is 9.18 Å². The predicted octanol–water partition coefficient (Wildman–Crippen LogP) is 0.549. The normalized spacial score (nSPS) is 10.8. The molecule has 0 spiro atoms. The molecule has 1 heterocycles. The van der Waals surface area contributed by atoms with E-state index in [4.69, 9.17) is 0 Å². The summed E-state index contributed by atoms with van der Waals surface area (Å²) in [5, 5.41) is 0. The van der Waals surface area contributed by atoms with E-state index < -0.39 is 0 Å². The third-order valence-electron chi connectivity index (χ3n) is 1.74. The van der Waals surface area contributed by atoms with E-state index in [1.807, 2.05) is 19.0 Å². The Labute approximate surface area is 76.4 Å². The van der Waals surface area contributed by atoms with Crippen LogP contribution in [0.15, 0.2) is 23.1 Å². The van der Waals surface area contributed by atoms with Crippen molar-refractivity contribution >= 4 is 0 Å².